The number of amides is 1. The molecule has 1 amide bonds. The molecule has 0 unspecified atom stereocenters. The number of pyridine rings is 1. The molecule has 0 bridgehead atoms. The molecule has 1 heterocycles. The van der Waals surface area contributed by atoms with E-state index in [4.69, 9.17) is 5.11 Å². The van der Waals surface area contributed by atoms with Gasteiger partial charge in [0.15, 0.2) is 0 Å². The maximum atomic E-state index is 11.5. The van der Waals surface area contributed by atoms with Crippen molar-refractivity contribution in [2.24, 2.45) is 5.41 Å². The molecule has 0 aliphatic carbocycles. The molecule has 5 heteroatoms. The first-order valence-electron chi connectivity index (χ1n) is 4.85. The van der Waals surface area contributed by atoms with Crippen molar-refractivity contribution in [3.63, 3.8) is 0 Å². The number of nitrogens with one attached hydrogen (secondary N) is 1. The predicted molar refractivity (Wildman–Crippen MR) is 58.9 cm³/mol. The Hall–Kier alpha value is -1.91. The quantitative estimate of drug-likeness (QED) is 0.809. The number of carboxylic acid groups (broad SMARTS) is 1. The summed E-state index contributed by atoms with van der Waals surface area (Å²) in [5.41, 5.74) is -0.446. The second-order valence-electron chi connectivity index (χ2n) is 4.15. The Morgan fingerprint density at radius 1 is 1.38 bits per heavy atom. The van der Waals surface area contributed by atoms with Crippen molar-refractivity contribution in [2.45, 2.75) is 20.3 Å². The Morgan fingerprint density at radius 3 is 2.44 bits per heavy atom. The lowest BCUT2D eigenvalue weighted by Gasteiger charge is -2.18. The highest BCUT2D eigenvalue weighted by molar-refractivity contribution is 5.93. The minimum absolute atomic E-state index is 0.0648. The van der Waals surface area contributed by atoms with Gasteiger partial charge in [0.25, 0.3) is 0 Å². The number of rotatable bonds is 4. The molecular weight excluding hydrogens is 208 g/mol. The molecule has 16 heavy (non-hydrogen) atoms. The van der Waals surface area contributed by atoms with Gasteiger partial charge in [-0.3, -0.25) is 14.6 Å². The van der Waals surface area contributed by atoms with E-state index in [9.17, 15) is 9.59 Å². The monoisotopic (exact) mass is 222 g/mol. The molecule has 1 aromatic heterocycles. The van der Waals surface area contributed by atoms with Crippen LogP contribution >= 0.6 is 0 Å². The molecule has 0 aliphatic heterocycles. The first-order valence-corrected chi connectivity index (χ1v) is 4.85. The highest BCUT2D eigenvalue weighted by Gasteiger charge is 2.30. The van der Waals surface area contributed by atoms with Crippen molar-refractivity contribution in [1.29, 1.82) is 0 Å². The molecule has 0 saturated heterocycles. The summed E-state index contributed by atoms with van der Waals surface area (Å²) in [6, 6.07) is 3.29. The van der Waals surface area contributed by atoms with Crippen LogP contribution in [0.2, 0.25) is 0 Å². The Morgan fingerprint density at radius 2 is 1.94 bits per heavy atom. The molecule has 5 nitrogen and oxygen atoms in total. The van der Waals surface area contributed by atoms with Gasteiger partial charge in [0, 0.05) is 24.5 Å². The average Bonchev–Trinajstić information content (AvgIpc) is 2.17. The van der Waals surface area contributed by atoms with E-state index in [1.807, 2.05) is 0 Å². The zero-order valence-electron chi connectivity index (χ0n) is 9.23. The van der Waals surface area contributed by atoms with Crippen molar-refractivity contribution in [3.8, 4) is 0 Å². The van der Waals surface area contributed by atoms with Gasteiger partial charge in [-0.2, -0.15) is 0 Å². The van der Waals surface area contributed by atoms with Gasteiger partial charge < -0.3 is 10.4 Å². The second kappa shape index (κ2) is 4.74. The molecule has 0 atom stereocenters. The van der Waals surface area contributed by atoms with Crippen LogP contribution in [0.25, 0.3) is 0 Å². The number of carbonyl (C=O) groups excluding carboxylic acids is 1. The van der Waals surface area contributed by atoms with Crippen LogP contribution in [0.15, 0.2) is 24.5 Å². The SMILES string of the molecule is CC(C)(CC(=O)Nc1ccncc1)C(=O)O. The minimum Gasteiger partial charge on any atom is -0.481 e. The Kier molecular flexibility index (Phi) is 3.60. The van der Waals surface area contributed by atoms with Crippen LogP contribution in [0.3, 0.4) is 0 Å². The summed E-state index contributed by atoms with van der Waals surface area (Å²) in [5, 5.41) is 11.5. The minimum atomic E-state index is -1.06. The first-order chi connectivity index (χ1) is 7.42. The zero-order chi connectivity index (χ0) is 12.2. The predicted octanol–water partition coefficient (Wildman–Crippen LogP) is 1.52. The van der Waals surface area contributed by atoms with Crippen LogP contribution in [0.5, 0.6) is 0 Å². The fourth-order valence-corrected chi connectivity index (χ4v) is 1.12. The summed E-state index contributed by atoms with van der Waals surface area (Å²) in [4.78, 5) is 26.2. The van der Waals surface area contributed by atoms with Gasteiger partial charge in [-0.05, 0) is 26.0 Å². The van der Waals surface area contributed by atoms with Crippen molar-refractivity contribution in [1.82, 2.24) is 4.98 Å². The van der Waals surface area contributed by atoms with E-state index in [0.29, 0.717) is 5.69 Å². The van der Waals surface area contributed by atoms with E-state index in [1.165, 1.54) is 13.8 Å². The lowest BCUT2D eigenvalue weighted by Crippen LogP contribution is -2.29. The van der Waals surface area contributed by atoms with E-state index in [0.717, 1.165) is 0 Å². The highest BCUT2D eigenvalue weighted by atomic mass is 16.4. The van der Waals surface area contributed by atoms with Crippen LogP contribution in [-0.2, 0) is 9.59 Å². The lowest BCUT2D eigenvalue weighted by atomic mass is 9.89. The third kappa shape index (κ3) is 3.34. The summed E-state index contributed by atoms with van der Waals surface area (Å²) in [6.07, 6.45) is 3.04. The molecule has 0 fully saturated rings. The molecule has 1 aromatic rings. The second-order valence-corrected chi connectivity index (χ2v) is 4.15. The number of anilines is 1. The van der Waals surface area contributed by atoms with Crippen LogP contribution in [0.1, 0.15) is 20.3 Å². The fraction of sp³-hybridized carbons (Fsp3) is 0.364. The summed E-state index contributed by atoms with van der Waals surface area (Å²) < 4.78 is 0. The average molecular weight is 222 g/mol. The molecule has 1 rings (SSSR count). The van der Waals surface area contributed by atoms with E-state index in [-0.39, 0.29) is 12.3 Å². The Bertz CT molecular complexity index is 387. The largest absolute Gasteiger partial charge is 0.481 e. The number of hydrogen-bond donors (Lipinski definition) is 2. The van der Waals surface area contributed by atoms with Crippen molar-refractivity contribution < 1.29 is 14.7 Å². The van der Waals surface area contributed by atoms with Crippen LogP contribution in [-0.4, -0.2) is 22.0 Å². The molecule has 0 aromatic carbocycles. The van der Waals surface area contributed by atoms with Gasteiger partial charge in [0.2, 0.25) is 5.91 Å². The third-order valence-electron chi connectivity index (χ3n) is 2.15. The van der Waals surface area contributed by atoms with Crippen LogP contribution < -0.4 is 5.32 Å². The van der Waals surface area contributed by atoms with E-state index >= 15 is 0 Å². The molecular formula is C11H14N2O3. The molecule has 0 saturated carbocycles. The standard InChI is InChI=1S/C11H14N2O3/c1-11(2,10(15)16)7-9(14)13-8-3-5-12-6-4-8/h3-6H,7H2,1-2H3,(H,15,16)(H,12,13,14). The summed E-state index contributed by atoms with van der Waals surface area (Å²) in [7, 11) is 0. The van der Waals surface area contributed by atoms with Gasteiger partial charge in [-0.15, -0.1) is 0 Å². The molecule has 0 radical (unpaired) electrons. The van der Waals surface area contributed by atoms with Crippen molar-refractivity contribution >= 4 is 17.6 Å². The number of aliphatic carboxylic acids is 1. The first kappa shape index (κ1) is 12.2. The maximum Gasteiger partial charge on any atom is 0.309 e. The summed E-state index contributed by atoms with van der Waals surface area (Å²) in [5.74, 6) is -1.31. The van der Waals surface area contributed by atoms with Gasteiger partial charge in [-0.1, -0.05) is 0 Å². The van der Waals surface area contributed by atoms with Gasteiger partial charge in [0.1, 0.15) is 0 Å². The Labute approximate surface area is 93.5 Å². The molecule has 0 aliphatic rings. The molecule has 0 spiro atoms. The summed E-state index contributed by atoms with van der Waals surface area (Å²) in [6.45, 7) is 3.03. The number of carboxylic acids is 1. The van der Waals surface area contributed by atoms with Crippen LogP contribution in [0, 0.1) is 5.41 Å². The highest BCUT2D eigenvalue weighted by Crippen LogP contribution is 2.21. The number of carbonyl (C=O) groups is 2. The van der Waals surface area contributed by atoms with Crippen molar-refractivity contribution in [2.75, 3.05) is 5.32 Å². The Balaban J connectivity index is 2.58. The number of nitrogens with zero attached hydrogens (tertiary/aromatic N) is 1. The molecule has 2 N–H and O–H groups in total. The van der Waals surface area contributed by atoms with Crippen molar-refractivity contribution in [3.05, 3.63) is 24.5 Å². The van der Waals surface area contributed by atoms with Crippen LogP contribution in [0.4, 0.5) is 5.69 Å². The lowest BCUT2D eigenvalue weighted by molar-refractivity contribution is -0.148. The van der Waals surface area contributed by atoms with E-state index in [2.05, 4.69) is 10.3 Å². The van der Waals surface area contributed by atoms with Gasteiger partial charge >= 0.3 is 5.97 Å². The topological polar surface area (TPSA) is 79.3 Å². The van der Waals surface area contributed by atoms with Gasteiger partial charge in [-0.25, -0.2) is 0 Å². The summed E-state index contributed by atoms with van der Waals surface area (Å²) >= 11 is 0. The van der Waals surface area contributed by atoms with Gasteiger partial charge in [0.05, 0.1) is 5.41 Å². The number of hydrogen-bond acceptors (Lipinski definition) is 3. The molecule has 86 valence electrons. The van der Waals surface area contributed by atoms with E-state index < -0.39 is 11.4 Å². The normalized spacial score (nSPS) is 10.9. The maximum absolute atomic E-state index is 11.5. The number of aromatic nitrogens is 1. The smallest absolute Gasteiger partial charge is 0.309 e. The third-order valence-corrected chi connectivity index (χ3v) is 2.15. The zero-order valence-corrected chi connectivity index (χ0v) is 9.23. The fourth-order valence-electron chi connectivity index (χ4n) is 1.12. The van der Waals surface area contributed by atoms with E-state index in [1.54, 1.807) is 24.5 Å².